The number of ether oxygens (including phenoxy) is 1. The van der Waals surface area contributed by atoms with Crippen molar-refractivity contribution in [3.8, 4) is 5.75 Å². The van der Waals surface area contributed by atoms with Crippen LogP contribution < -0.4 is 10.1 Å². The molecule has 0 aliphatic carbocycles. The zero-order valence-corrected chi connectivity index (χ0v) is 11.1. The molecule has 4 nitrogen and oxygen atoms in total. The highest BCUT2D eigenvalue weighted by Gasteiger charge is 2.10. The number of hydrogen-bond acceptors (Lipinski definition) is 4. The first kappa shape index (κ1) is 12.6. The summed E-state index contributed by atoms with van der Waals surface area (Å²) in [6.45, 7) is 2.31. The van der Waals surface area contributed by atoms with Crippen LogP contribution >= 0.6 is 11.5 Å². The number of nitrogens with one attached hydrogen (secondary N) is 1. The van der Waals surface area contributed by atoms with Crippen molar-refractivity contribution in [3.05, 3.63) is 46.5 Å². The molecule has 1 N–H and O–H groups in total. The highest BCUT2D eigenvalue weighted by Crippen LogP contribution is 2.13. The number of amides is 1. The van der Waals surface area contributed by atoms with E-state index in [4.69, 9.17) is 4.74 Å². The fourth-order valence-electron chi connectivity index (χ4n) is 1.57. The van der Waals surface area contributed by atoms with Gasteiger partial charge in [-0.2, -0.15) is 4.37 Å². The maximum atomic E-state index is 11.9. The van der Waals surface area contributed by atoms with Crippen LogP contribution in [-0.4, -0.2) is 17.4 Å². The van der Waals surface area contributed by atoms with E-state index in [0.29, 0.717) is 12.1 Å². The van der Waals surface area contributed by atoms with Crippen molar-refractivity contribution in [3.63, 3.8) is 0 Å². The zero-order valence-electron chi connectivity index (χ0n) is 10.3. The van der Waals surface area contributed by atoms with Crippen molar-refractivity contribution in [2.45, 2.75) is 13.5 Å². The minimum absolute atomic E-state index is 0.0935. The lowest BCUT2D eigenvalue weighted by molar-refractivity contribution is 0.0950. The predicted octanol–water partition coefficient (Wildman–Crippen LogP) is 2.39. The summed E-state index contributed by atoms with van der Waals surface area (Å²) in [6, 6.07) is 7.62. The first-order chi connectivity index (χ1) is 8.70. The summed E-state index contributed by atoms with van der Waals surface area (Å²) in [5.41, 5.74) is 2.41. The van der Waals surface area contributed by atoms with Crippen LogP contribution in [0.2, 0.25) is 0 Å². The van der Waals surface area contributed by atoms with Crippen LogP contribution in [0.4, 0.5) is 0 Å². The molecule has 0 saturated heterocycles. The maximum Gasteiger partial charge on any atom is 0.254 e. The second kappa shape index (κ2) is 5.64. The van der Waals surface area contributed by atoms with E-state index in [1.165, 1.54) is 11.5 Å². The zero-order chi connectivity index (χ0) is 13.0. The van der Waals surface area contributed by atoms with Gasteiger partial charge in [0, 0.05) is 11.9 Å². The maximum absolute atomic E-state index is 11.9. The topological polar surface area (TPSA) is 51.2 Å². The summed E-state index contributed by atoms with van der Waals surface area (Å²) in [7, 11) is 1.62. The third kappa shape index (κ3) is 2.87. The molecule has 0 fully saturated rings. The number of aromatic nitrogens is 1. The molecule has 0 spiro atoms. The Kier molecular flexibility index (Phi) is 3.94. The monoisotopic (exact) mass is 262 g/mol. The molecule has 0 aliphatic heterocycles. The Labute approximate surface area is 110 Å². The van der Waals surface area contributed by atoms with Gasteiger partial charge in [0.1, 0.15) is 5.75 Å². The van der Waals surface area contributed by atoms with Gasteiger partial charge in [-0.15, -0.1) is 0 Å². The minimum Gasteiger partial charge on any atom is -0.497 e. The second-order valence-electron chi connectivity index (χ2n) is 3.85. The number of hydrogen-bond donors (Lipinski definition) is 1. The molecule has 2 aromatic rings. The third-order valence-electron chi connectivity index (χ3n) is 2.58. The molecule has 0 bridgehead atoms. The molecule has 18 heavy (non-hydrogen) atoms. The molecule has 1 amide bonds. The second-order valence-corrected chi connectivity index (χ2v) is 4.48. The van der Waals surface area contributed by atoms with E-state index in [9.17, 15) is 4.79 Å². The van der Waals surface area contributed by atoms with Gasteiger partial charge in [0.15, 0.2) is 0 Å². The summed E-state index contributed by atoms with van der Waals surface area (Å²) in [5.74, 6) is 0.694. The van der Waals surface area contributed by atoms with Gasteiger partial charge in [-0.3, -0.25) is 4.79 Å². The Balaban J connectivity index is 1.99. The predicted molar refractivity (Wildman–Crippen MR) is 71.0 cm³/mol. The first-order valence-electron chi connectivity index (χ1n) is 5.53. The summed E-state index contributed by atoms with van der Waals surface area (Å²) in [6.07, 6.45) is 0. The molecule has 0 atom stereocenters. The van der Waals surface area contributed by atoms with E-state index < -0.39 is 0 Å². The molecule has 1 heterocycles. The molecule has 1 aromatic carbocycles. The number of carbonyl (C=O) groups is 1. The number of methoxy groups -OCH3 is 1. The summed E-state index contributed by atoms with van der Waals surface area (Å²) in [4.78, 5) is 11.9. The van der Waals surface area contributed by atoms with Crippen LogP contribution in [-0.2, 0) is 6.54 Å². The summed E-state index contributed by atoms with van der Waals surface area (Å²) in [5, 5.41) is 4.63. The summed E-state index contributed by atoms with van der Waals surface area (Å²) >= 11 is 1.29. The molecule has 0 aliphatic rings. The quantitative estimate of drug-likeness (QED) is 0.920. The Morgan fingerprint density at radius 2 is 2.33 bits per heavy atom. The van der Waals surface area contributed by atoms with Crippen molar-refractivity contribution >= 4 is 17.4 Å². The van der Waals surface area contributed by atoms with Gasteiger partial charge in [0.2, 0.25) is 0 Å². The fourth-order valence-corrected chi connectivity index (χ4v) is 2.26. The number of benzene rings is 1. The molecule has 1 aromatic heterocycles. The Morgan fingerprint density at radius 3 is 3.00 bits per heavy atom. The molecule has 94 valence electrons. The van der Waals surface area contributed by atoms with Gasteiger partial charge < -0.3 is 10.1 Å². The van der Waals surface area contributed by atoms with Crippen molar-refractivity contribution in [1.29, 1.82) is 0 Å². The average Bonchev–Trinajstić information content (AvgIpc) is 2.82. The van der Waals surface area contributed by atoms with Gasteiger partial charge >= 0.3 is 0 Å². The van der Waals surface area contributed by atoms with Crippen LogP contribution in [0.1, 0.15) is 21.6 Å². The molecule has 2 rings (SSSR count). The average molecular weight is 262 g/mol. The SMILES string of the molecule is COc1cccc(CNC(=O)c2csnc2C)c1. The number of aryl methyl sites for hydroxylation is 1. The molecule has 0 saturated carbocycles. The molecular weight excluding hydrogens is 248 g/mol. The summed E-state index contributed by atoms with van der Waals surface area (Å²) < 4.78 is 9.21. The van der Waals surface area contributed by atoms with Crippen LogP contribution in [0, 0.1) is 6.92 Å². The molecule has 5 heteroatoms. The third-order valence-corrected chi connectivity index (χ3v) is 3.30. The van der Waals surface area contributed by atoms with E-state index in [1.807, 2.05) is 31.2 Å². The Hall–Kier alpha value is -1.88. The van der Waals surface area contributed by atoms with Crippen LogP contribution in [0.15, 0.2) is 29.6 Å². The van der Waals surface area contributed by atoms with E-state index in [0.717, 1.165) is 17.0 Å². The molecular formula is C13H14N2O2S. The lowest BCUT2D eigenvalue weighted by atomic mass is 10.2. The minimum atomic E-state index is -0.0935. The van der Waals surface area contributed by atoms with E-state index in [2.05, 4.69) is 9.69 Å². The van der Waals surface area contributed by atoms with Crippen molar-refractivity contribution < 1.29 is 9.53 Å². The van der Waals surface area contributed by atoms with Gasteiger partial charge in [-0.1, -0.05) is 12.1 Å². The number of carbonyl (C=O) groups excluding carboxylic acids is 1. The number of rotatable bonds is 4. The molecule has 0 radical (unpaired) electrons. The van der Waals surface area contributed by atoms with Gasteiger partial charge in [-0.05, 0) is 36.2 Å². The van der Waals surface area contributed by atoms with Gasteiger partial charge in [-0.25, -0.2) is 0 Å². The van der Waals surface area contributed by atoms with Crippen molar-refractivity contribution in [2.75, 3.05) is 7.11 Å². The smallest absolute Gasteiger partial charge is 0.254 e. The standard InChI is InChI=1S/C13H14N2O2S/c1-9-12(8-18-15-9)13(16)14-7-10-4-3-5-11(6-10)17-2/h3-6,8H,7H2,1-2H3,(H,14,16). The van der Waals surface area contributed by atoms with Gasteiger partial charge in [0.25, 0.3) is 5.91 Å². The van der Waals surface area contributed by atoms with Crippen LogP contribution in [0.5, 0.6) is 5.75 Å². The van der Waals surface area contributed by atoms with Crippen LogP contribution in [0.25, 0.3) is 0 Å². The molecule has 0 unspecified atom stereocenters. The van der Waals surface area contributed by atoms with Crippen molar-refractivity contribution in [2.24, 2.45) is 0 Å². The van der Waals surface area contributed by atoms with Crippen LogP contribution in [0.3, 0.4) is 0 Å². The van der Waals surface area contributed by atoms with E-state index in [1.54, 1.807) is 12.5 Å². The lowest BCUT2D eigenvalue weighted by Crippen LogP contribution is -2.23. The normalized spacial score (nSPS) is 10.1. The first-order valence-corrected chi connectivity index (χ1v) is 6.36. The highest BCUT2D eigenvalue weighted by atomic mass is 32.1. The number of nitrogens with zero attached hydrogens (tertiary/aromatic N) is 1. The Morgan fingerprint density at radius 1 is 1.50 bits per heavy atom. The van der Waals surface area contributed by atoms with Crippen molar-refractivity contribution in [1.82, 2.24) is 9.69 Å². The Bertz CT molecular complexity index is 551. The van der Waals surface area contributed by atoms with Gasteiger partial charge in [0.05, 0.1) is 18.4 Å². The lowest BCUT2D eigenvalue weighted by Gasteiger charge is -2.06. The van der Waals surface area contributed by atoms with E-state index in [-0.39, 0.29) is 5.91 Å². The largest absolute Gasteiger partial charge is 0.497 e. The van der Waals surface area contributed by atoms with E-state index >= 15 is 0 Å². The highest BCUT2D eigenvalue weighted by molar-refractivity contribution is 7.03. The fraction of sp³-hybridized carbons (Fsp3) is 0.231.